The van der Waals surface area contributed by atoms with Crippen molar-refractivity contribution >= 4 is 35.2 Å². The van der Waals surface area contributed by atoms with E-state index in [1.54, 1.807) is 26.8 Å². The Morgan fingerprint density at radius 3 is 2.37 bits per heavy atom. The van der Waals surface area contributed by atoms with Crippen molar-refractivity contribution in [3.63, 3.8) is 0 Å². The number of carbonyl (C=O) groups excluding carboxylic acids is 3. The minimum atomic E-state index is -0.912. The highest BCUT2D eigenvalue weighted by molar-refractivity contribution is 6.34. The number of anilines is 1. The number of unbranched alkanes of at least 4 members (excludes halogenated alkanes) is 1. The van der Waals surface area contributed by atoms with Gasteiger partial charge in [-0.25, -0.2) is 4.79 Å². The lowest BCUT2D eigenvalue weighted by Crippen LogP contribution is -2.47. The fourth-order valence-corrected chi connectivity index (χ4v) is 3.85. The van der Waals surface area contributed by atoms with E-state index in [4.69, 9.17) is 16.3 Å². The number of benzene rings is 2. The number of alkyl carbamates (subject to hydrolysis) is 1. The second-order valence-electron chi connectivity index (χ2n) is 9.53. The number of hydrogen-bond acceptors (Lipinski definition) is 4. The van der Waals surface area contributed by atoms with Crippen LogP contribution in [0.3, 0.4) is 0 Å². The molecule has 3 amide bonds. The number of hydrogen-bond donors (Lipinski definition) is 2. The molecule has 0 aliphatic heterocycles. The van der Waals surface area contributed by atoms with E-state index in [1.807, 2.05) is 57.2 Å². The minimum absolute atomic E-state index is 0.292. The molecule has 7 nitrogen and oxygen atoms in total. The predicted octanol–water partition coefficient (Wildman–Crippen LogP) is 5.79. The molecule has 0 aliphatic rings. The summed E-state index contributed by atoms with van der Waals surface area (Å²) in [6.07, 6.45) is 0.832. The molecular weight excluding hydrogens is 466 g/mol. The van der Waals surface area contributed by atoms with Gasteiger partial charge in [0.25, 0.3) is 5.91 Å². The third-order valence-electron chi connectivity index (χ3n) is 5.24. The average Bonchev–Trinajstić information content (AvgIpc) is 2.76. The van der Waals surface area contributed by atoms with Crippen LogP contribution in [-0.4, -0.2) is 41.5 Å². The first-order chi connectivity index (χ1) is 16.4. The van der Waals surface area contributed by atoms with Crippen LogP contribution in [0.2, 0.25) is 5.02 Å². The van der Waals surface area contributed by atoms with Crippen molar-refractivity contribution in [2.45, 2.75) is 66.0 Å². The highest BCUT2D eigenvalue weighted by Crippen LogP contribution is 2.29. The molecule has 0 radical (unpaired) electrons. The van der Waals surface area contributed by atoms with Crippen LogP contribution in [0.15, 0.2) is 42.5 Å². The van der Waals surface area contributed by atoms with Gasteiger partial charge < -0.3 is 20.3 Å². The number of para-hydroxylation sites is 1. The van der Waals surface area contributed by atoms with Crippen LogP contribution in [0.25, 0.3) is 0 Å². The van der Waals surface area contributed by atoms with Gasteiger partial charge in [-0.05, 0) is 58.2 Å². The van der Waals surface area contributed by atoms with E-state index in [9.17, 15) is 14.4 Å². The van der Waals surface area contributed by atoms with Crippen LogP contribution in [0.4, 0.5) is 10.5 Å². The van der Waals surface area contributed by atoms with E-state index in [0.717, 1.165) is 17.5 Å². The lowest BCUT2D eigenvalue weighted by Gasteiger charge is -2.32. The van der Waals surface area contributed by atoms with Crippen molar-refractivity contribution in [1.29, 1.82) is 0 Å². The summed E-state index contributed by atoms with van der Waals surface area (Å²) in [5.74, 6) is -0.768. The Balaban J connectivity index is 2.39. The number of carbonyl (C=O) groups is 3. The van der Waals surface area contributed by atoms with E-state index in [0.29, 0.717) is 29.2 Å². The van der Waals surface area contributed by atoms with E-state index in [-0.39, 0.29) is 18.4 Å². The molecule has 1 unspecified atom stereocenters. The van der Waals surface area contributed by atoms with Crippen LogP contribution >= 0.6 is 11.6 Å². The Bertz CT molecular complexity index is 1030. The Kier molecular flexibility index (Phi) is 10.1. The number of ether oxygens (including phenoxy) is 1. The number of nitrogens with zero attached hydrogens (tertiary/aromatic N) is 1. The van der Waals surface area contributed by atoms with Gasteiger partial charge in [-0.15, -0.1) is 0 Å². The molecule has 35 heavy (non-hydrogen) atoms. The summed E-state index contributed by atoms with van der Waals surface area (Å²) < 4.78 is 5.25. The third-order valence-corrected chi connectivity index (χ3v) is 5.56. The quantitative estimate of drug-likeness (QED) is 0.455. The Morgan fingerprint density at radius 1 is 1.09 bits per heavy atom. The van der Waals surface area contributed by atoms with Crippen molar-refractivity contribution < 1.29 is 19.1 Å². The molecule has 0 bridgehead atoms. The lowest BCUT2D eigenvalue weighted by atomic mass is 10.0. The van der Waals surface area contributed by atoms with Crippen molar-refractivity contribution in [3.05, 3.63) is 64.2 Å². The van der Waals surface area contributed by atoms with Crippen LogP contribution in [0, 0.1) is 13.8 Å². The zero-order valence-corrected chi connectivity index (χ0v) is 22.2. The van der Waals surface area contributed by atoms with Gasteiger partial charge in [0.2, 0.25) is 5.91 Å². The number of nitrogens with one attached hydrogen (secondary N) is 2. The summed E-state index contributed by atoms with van der Waals surface area (Å²) >= 11 is 6.36. The maximum atomic E-state index is 13.7. The molecule has 8 heteroatoms. The highest BCUT2D eigenvalue weighted by atomic mass is 35.5. The first-order valence-electron chi connectivity index (χ1n) is 11.8. The van der Waals surface area contributed by atoms with Gasteiger partial charge in [0.05, 0.1) is 10.7 Å². The molecular formula is C27H36ClN3O4. The maximum Gasteiger partial charge on any atom is 0.408 e. The number of rotatable bonds is 9. The van der Waals surface area contributed by atoms with Crippen LogP contribution < -0.4 is 10.6 Å². The average molecular weight is 502 g/mol. The van der Waals surface area contributed by atoms with E-state index in [2.05, 4.69) is 10.6 Å². The summed E-state index contributed by atoms with van der Waals surface area (Å²) in [5, 5.41) is 5.86. The topological polar surface area (TPSA) is 87.7 Å². The van der Waals surface area contributed by atoms with E-state index >= 15 is 0 Å². The van der Waals surface area contributed by atoms with E-state index < -0.39 is 17.7 Å². The van der Waals surface area contributed by atoms with Crippen molar-refractivity contribution in [2.75, 3.05) is 18.4 Å². The Labute approximate surface area is 213 Å². The Morgan fingerprint density at radius 2 is 1.77 bits per heavy atom. The zero-order valence-electron chi connectivity index (χ0n) is 21.4. The summed E-state index contributed by atoms with van der Waals surface area (Å²) in [4.78, 5) is 40.7. The fourth-order valence-electron chi connectivity index (χ4n) is 3.58. The van der Waals surface area contributed by atoms with Crippen molar-refractivity contribution in [1.82, 2.24) is 10.2 Å². The number of amides is 3. The molecule has 0 spiro atoms. The smallest absolute Gasteiger partial charge is 0.408 e. The van der Waals surface area contributed by atoms with Gasteiger partial charge in [-0.1, -0.05) is 66.9 Å². The second kappa shape index (κ2) is 12.6. The van der Waals surface area contributed by atoms with Crippen molar-refractivity contribution in [2.24, 2.45) is 0 Å². The molecule has 0 heterocycles. The van der Waals surface area contributed by atoms with Gasteiger partial charge in [0.15, 0.2) is 0 Å². The summed E-state index contributed by atoms with van der Waals surface area (Å²) in [5.41, 5.74) is 2.27. The molecule has 0 saturated heterocycles. The molecule has 2 aromatic rings. The molecule has 0 aliphatic carbocycles. The fraction of sp³-hybridized carbons (Fsp3) is 0.444. The van der Waals surface area contributed by atoms with Crippen LogP contribution in [0.5, 0.6) is 0 Å². The summed E-state index contributed by atoms with van der Waals surface area (Å²) in [6, 6.07) is 12.0. The van der Waals surface area contributed by atoms with Crippen LogP contribution in [-0.2, 0) is 14.3 Å². The third kappa shape index (κ3) is 8.58. The zero-order chi connectivity index (χ0) is 26.2. The first-order valence-corrected chi connectivity index (χ1v) is 12.2. The van der Waals surface area contributed by atoms with Crippen molar-refractivity contribution in [3.8, 4) is 0 Å². The molecule has 2 aromatic carbocycles. The Hall–Kier alpha value is -3.06. The van der Waals surface area contributed by atoms with Gasteiger partial charge in [-0.3, -0.25) is 9.59 Å². The first kappa shape index (κ1) is 28.2. The molecule has 2 rings (SSSR count). The highest BCUT2D eigenvalue weighted by Gasteiger charge is 2.32. The van der Waals surface area contributed by atoms with Gasteiger partial charge in [0, 0.05) is 6.54 Å². The monoisotopic (exact) mass is 501 g/mol. The van der Waals surface area contributed by atoms with E-state index in [1.165, 1.54) is 4.90 Å². The lowest BCUT2D eigenvalue weighted by molar-refractivity contribution is -0.138. The summed E-state index contributed by atoms with van der Waals surface area (Å²) in [6.45, 7) is 11.1. The molecule has 2 N–H and O–H groups in total. The standard InChI is InChI=1S/C27H36ClN3O4/c1-7-8-15-31(22(32)17-29-26(34)35-27(4,5)6)24(20-13-9-11-18(2)16-20)25(33)30-23-19(3)12-10-14-21(23)28/h9-14,16,24H,7-8,15,17H2,1-6H3,(H,29,34)(H,30,33). The van der Waals surface area contributed by atoms with Gasteiger partial charge in [0.1, 0.15) is 18.2 Å². The molecule has 0 fully saturated rings. The second-order valence-corrected chi connectivity index (χ2v) is 9.94. The number of halogens is 1. The minimum Gasteiger partial charge on any atom is -0.444 e. The molecule has 0 saturated carbocycles. The maximum absolute atomic E-state index is 13.7. The normalized spacial score (nSPS) is 12.0. The SMILES string of the molecule is CCCCN(C(=O)CNC(=O)OC(C)(C)C)C(C(=O)Nc1c(C)cccc1Cl)c1cccc(C)c1. The molecule has 1 atom stereocenters. The van der Waals surface area contributed by atoms with Gasteiger partial charge in [-0.2, -0.15) is 0 Å². The molecule has 190 valence electrons. The summed E-state index contributed by atoms with van der Waals surface area (Å²) in [7, 11) is 0. The largest absolute Gasteiger partial charge is 0.444 e. The van der Waals surface area contributed by atoms with Gasteiger partial charge >= 0.3 is 6.09 Å². The number of aryl methyl sites for hydroxylation is 2. The predicted molar refractivity (Wildman–Crippen MR) is 140 cm³/mol. The van der Waals surface area contributed by atoms with Crippen LogP contribution in [0.1, 0.15) is 63.3 Å². The molecule has 0 aromatic heterocycles.